The van der Waals surface area contributed by atoms with E-state index in [0.717, 1.165) is 19.3 Å². The molecule has 0 atom stereocenters. The topological polar surface area (TPSA) is 64.4 Å². The number of hydrogen-bond acceptors (Lipinski definition) is 3. The lowest BCUT2D eigenvalue weighted by molar-refractivity contribution is -0.125. The minimum atomic E-state index is -0.324. The molecule has 1 saturated heterocycles. The normalized spacial score (nSPS) is 16.6. The smallest absolute Gasteiger partial charge is 0.318 e. The van der Waals surface area contributed by atoms with Gasteiger partial charge in [-0.05, 0) is 26.7 Å². The highest BCUT2D eigenvalue weighted by Gasteiger charge is 2.32. The van der Waals surface area contributed by atoms with Gasteiger partial charge in [0.2, 0.25) is 5.91 Å². The summed E-state index contributed by atoms with van der Waals surface area (Å²) in [6.45, 7) is 4.44. The highest BCUT2D eigenvalue weighted by Crippen LogP contribution is 2.22. The van der Waals surface area contributed by atoms with Crippen LogP contribution in [0.2, 0.25) is 0 Å². The van der Waals surface area contributed by atoms with Crippen molar-refractivity contribution in [1.82, 2.24) is 9.80 Å². The third-order valence-corrected chi connectivity index (χ3v) is 2.97. The molecule has 1 fully saturated rings. The number of hydrogen-bond donors (Lipinski definition) is 0. The van der Waals surface area contributed by atoms with E-state index in [9.17, 15) is 9.59 Å². The van der Waals surface area contributed by atoms with Crippen molar-refractivity contribution in [2.45, 2.75) is 33.1 Å². The molecule has 0 unspecified atom stereocenters. The van der Waals surface area contributed by atoms with Gasteiger partial charge in [0, 0.05) is 13.6 Å². The fourth-order valence-electron chi connectivity index (χ4n) is 1.78. The first-order valence-corrected chi connectivity index (χ1v) is 5.84. The molecule has 1 aliphatic heterocycles. The summed E-state index contributed by atoms with van der Waals surface area (Å²) in [4.78, 5) is 25.7. The number of carbonyl (C=O) groups is 2. The second kappa shape index (κ2) is 5.17. The van der Waals surface area contributed by atoms with Gasteiger partial charge in [0.15, 0.2) is 0 Å². The summed E-state index contributed by atoms with van der Waals surface area (Å²) in [5.74, 6) is -0.128. The molecule has 0 aromatic heterocycles. The zero-order chi connectivity index (χ0) is 13.1. The molecule has 5 nitrogen and oxygen atoms in total. The van der Waals surface area contributed by atoms with E-state index >= 15 is 0 Å². The molecule has 17 heavy (non-hydrogen) atoms. The van der Waals surface area contributed by atoms with Crippen LogP contribution in [0.25, 0.3) is 0 Å². The van der Waals surface area contributed by atoms with Crippen LogP contribution in [-0.4, -0.2) is 41.9 Å². The Bertz CT molecular complexity index is 357. The Labute approximate surface area is 102 Å². The molecule has 0 N–H and O–H groups in total. The molecule has 1 heterocycles. The van der Waals surface area contributed by atoms with Crippen LogP contribution < -0.4 is 0 Å². The molecule has 94 valence electrons. The Morgan fingerprint density at radius 2 is 2.00 bits per heavy atom. The number of unbranched alkanes of at least 4 members (excludes halogenated alkanes) is 1. The molecule has 0 aromatic carbocycles. The van der Waals surface area contributed by atoms with Crippen LogP contribution in [0, 0.1) is 16.7 Å². The largest absolute Gasteiger partial charge is 0.326 e. The van der Waals surface area contributed by atoms with E-state index in [1.165, 1.54) is 9.80 Å². The number of carbonyl (C=O) groups excluding carboxylic acids is 2. The molecule has 0 saturated carbocycles. The maximum Gasteiger partial charge on any atom is 0.326 e. The molecule has 1 rings (SSSR count). The van der Waals surface area contributed by atoms with Crippen molar-refractivity contribution in [3.8, 4) is 6.07 Å². The van der Waals surface area contributed by atoms with Crippen molar-refractivity contribution < 1.29 is 9.59 Å². The lowest BCUT2D eigenvalue weighted by Gasteiger charge is -2.17. The van der Waals surface area contributed by atoms with Gasteiger partial charge in [-0.2, -0.15) is 5.26 Å². The van der Waals surface area contributed by atoms with Gasteiger partial charge >= 0.3 is 6.03 Å². The number of rotatable bonds is 5. The number of urea groups is 1. The van der Waals surface area contributed by atoms with Gasteiger partial charge < -0.3 is 4.90 Å². The summed E-state index contributed by atoms with van der Waals surface area (Å²) in [5.41, 5.74) is -0.324. The van der Waals surface area contributed by atoms with Gasteiger partial charge in [0.1, 0.15) is 6.54 Å². The number of nitrogens with zero attached hydrogens (tertiary/aromatic N) is 3. The molecular formula is C12H19N3O2. The average Bonchev–Trinajstić information content (AvgIpc) is 2.50. The number of amides is 3. The van der Waals surface area contributed by atoms with Gasteiger partial charge in [0.05, 0.1) is 11.5 Å². The first kappa shape index (κ1) is 13.5. The summed E-state index contributed by atoms with van der Waals surface area (Å²) in [6, 6.07) is 2.03. The van der Waals surface area contributed by atoms with Crippen LogP contribution in [0.15, 0.2) is 0 Å². The van der Waals surface area contributed by atoms with E-state index in [-0.39, 0.29) is 23.9 Å². The Hall–Kier alpha value is -1.57. The van der Waals surface area contributed by atoms with E-state index in [2.05, 4.69) is 6.07 Å². The van der Waals surface area contributed by atoms with Crippen LogP contribution >= 0.6 is 0 Å². The van der Waals surface area contributed by atoms with E-state index < -0.39 is 0 Å². The lowest BCUT2D eigenvalue weighted by atomic mass is 9.89. The standard InChI is InChI=1S/C12H19N3O2/c1-12(2,9-13)6-4-5-7-15-10(16)8-14(3)11(15)17/h4-8H2,1-3H3. The van der Waals surface area contributed by atoms with E-state index in [4.69, 9.17) is 5.26 Å². The number of likely N-dealkylation sites (N-methyl/N-ethyl adjacent to an activating group) is 1. The molecule has 0 bridgehead atoms. The zero-order valence-corrected chi connectivity index (χ0v) is 10.7. The predicted octanol–water partition coefficient (Wildman–Crippen LogP) is 1.60. The Kier molecular flexibility index (Phi) is 4.11. The quantitative estimate of drug-likeness (QED) is 0.539. The summed E-state index contributed by atoms with van der Waals surface area (Å²) in [6.07, 6.45) is 2.40. The highest BCUT2D eigenvalue weighted by atomic mass is 16.2. The zero-order valence-electron chi connectivity index (χ0n) is 10.7. The van der Waals surface area contributed by atoms with E-state index in [1.54, 1.807) is 7.05 Å². The Balaban J connectivity index is 2.31. The first-order valence-electron chi connectivity index (χ1n) is 5.84. The number of imide groups is 1. The third kappa shape index (κ3) is 3.45. The fourth-order valence-corrected chi connectivity index (χ4v) is 1.78. The van der Waals surface area contributed by atoms with Gasteiger partial charge in [-0.3, -0.25) is 9.69 Å². The van der Waals surface area contributed by atoms with E-state index in [1.807, 2.05) is 13.8 Å². The minimum Gasteiger partial charge on any atom is -0.318 e. The molecule has 0 aromatic rings. The Morgan fingerprint density at radius 1 is 1.35 bits per heavy atom. The van der Waals surface area contributed by atoms with Crippen molar-refractivity contribution >= 4 is 11.9 Å². The summed E-state index contributed by atoms with van der Waals surface area (Å²) in [5, 5.41) is 8.85. The minimum absolute atomic E-state index is 0.128. The molecule has 1 aliphatic rings. The van der Waals surface area contributed by atoms with Gasteiger partial charge in [-0.25, -0.2) is 4.79 Å². The second-order valence-electron chi connectivity index (χ2n) is 5.14. The van der Waals surface area contributed by atoms with Crippen LogP contribution in [0.5, 0.6) is 0 Å². The fraction of sp³-hybridized carbons (Fsp3) is 0.750. The maximum atomic E-state index is 11.5. The molecule has 0 aliphatic carbocycles. The second-order valence-corrected chi connectivity index (χ2v) is 5.14. The molecular weight excluding hydrogens is 218 g/mol. The molecule has 3 amide bonds. The van der Waals surface area contributed by atoms with Gasteiger partial charge in [0.25, 0.3) is 0 Å². The monoisotopic (exact) mass is 237 g/mol. The molecule has 0 radical (unpaired) electrons. The highest BCUT2D eigenvalue weighted by molar-refractivity contribution is 6.01. The van der Waals surface area contributed by atoms with Crippen molar-refractivity contribution in [2.24, 2.45) is 5.41 Å². The predicted molar refractivity (Wildman–Crippen MR) is 63.0 cm³/mol. The van der Waals surface area contributed by atoms with Gasteiger partial charge in [-0.15, -0.1) is 0 Å². The van der Waals surface area contributed by atoms with Crippen LogP contribution in [-0.2, 0) is 4.79 Å². The number of nitriles is 1. The van der Waals surface area contributed by atoms with Crippen LogP contribution in [0.1, 0.15) is 33.1 Å². The van der Waals surface area contributed by atoms with Crippen LogP contribution in [0.3, 0.4) is 0 Å². The summed E-state index contributed by atoms with van der Waals surface area (Å²) < 4.78 is 0. The average molecular weight is 237 g/mol. The van der Waals surface area contributed by atoms with Crippen molar-refractivity contribution in [2.75, 3.05) is 20.1 Å². The molecule has 5 heteroatoms. The van der Waals surface area contributed by atoms with E-state index in [0.29, 0.717) is 6.54 Å². The Morgan fingerprint density at radius 3 is 2.47 bits per heavy atom. The first-order chi connectivity index (χ1) is 7.87. The van der Waals surface area contributed by atoms with Crippen molar-refractivity contribution in [3.63, 3.8) is 0 Å². The third-order valence-electron chi connectivity index (χ3n) is 2.97. The lowest BCUT2D eigenvalue weighted by Crippen LogP contribution is -2.32. The SMILES string of the molecule is CN1CC(=O)N(CCCCC(C)(C)C#N)C1=O. The van der Waals surface area contributed by atoms with Crippen LogP contribution in [0.4, 0.5) is 4.79 Å². The van der Waals surface area contributed by atoms with Crippen molar-refractivity contribution in [3.05, 3.63) is 0 Å². The maximum absolute atomic E-state index is 11.5. The van der Waals surface area contributed by atoms with Crippen molar-refractivity contribution in [1.29, 1.82) is 5.26 Å². The molecule has 0 spiro atoms. The summed E-state index contributed by atoms with van der Waals surface area (Å²) in [7, 11) is 1.62. The van der Waals surface area contributed by atoms with Gasteiger partial charge in [-0.1, -0.05) is 6.42 Å². The summed E-state index contributed by atoms with van der Waals surface area (Å²) >= 11 is 0.